The van der Waals surface area contributed by atoms with Gasteiger partial charge in [0.2, 0.25) is 0 Å². The number of carboxylic acids is 2. The van der Waals surface area contributed by atoms with Gasteiger partial charge in [-0.2, -0.15) is 0 Å². The molecule has 1 rings (SSSR count). The number of allylic oxidation sites excluding steroid dienone is 1. The third-order valence-corrected chi connectivity index (χ3v) is 2.08. The molecule has 1 aromatic carbocycles. The molecule has 0 spiro atoms. The maximum Gasteiger partial charge on any atom is 0.318 e. The van der Waals surface area contributed by atoms with E-state index >= 15 is 0 Å². The zero-order valence-electron chi connectivity index (χ0n) is 8.54. The Morgan fingerprint density at radius 3 is 2.19 bits per heavy atom. The number of carboxylic acid groups (broad SMARTS) is 2. The van der Waals surface area contributed by atoms with E-state index in [1.54, 1.807) is 12.2 Å². The Balaban J connectivity index is 2.59. The zero-order chi connectivity index (χ0) is 12.0. The number of hydrogen-bond acceptors (Lipinski definition) is 2. The molecule has 0 bridgehead atoms. The molecule has 0 aromatic heterocycles. The Morgan fingerprint density at radius 1 is 1.12 bits per heavy atom. The minimum atomic E-state index is -1.38. The highest BCUT2D eigenvalue weighted by atomic mass is 16.4. The fourth-order valence-electron chi connectivity index (χ4n) is 1.21. The van der Waals surface area contributed by atoms with Crippen molar-refractivity contribution in [2.24, 2.45) is 5.92 Å². The van der Waals surface area contributed by atoms with E-state index in [4.69, 9.17) is 10.2 Å². The lowest BCUT2D eigenvalue weighted by Crippen LogP contribution is -2.22. The average molecular weight is 220 g/mol. The molecule has 0 saturated heterocycles. The van der Waals surface area contributed by atoms with Crippen molar-refractivity contribution in [2.45, 2.75) is 6.42 Å². The summed E-state index contributed by atoms with van der Waals surface area (Å²) in [6, 6.07) is 9.28. The minimum absolute atomic E-state index is 0.0143. The van der Waals surface area contributed by atoms with Gasteiger partial charge in [0.25, 0.3) is 0 Å². The lowest BCUT2D eigenvalue weighted by molar-refractivity contribution is -0.154. The summed E-state index contributed by atoms with van der Waals surface area (Å²) in [5, 5.41) is 17.3. The number of hydrogen-bond donors (Lipinski definition) is 2. The molecular formula is C12H12O4. The molecule has 84 valence electrons. The van der Waals surface area contributed by atoms with Gasteiger partial charge in [-0.15, -0.1) is 0 Å². The molecule has 2 N–H and O–H groups in total. The van der Waals surface area contributed by atoms with Gasteiger partial charge in [0, 0.05) is 0 Å². The SMILES string of the molecule is O=C(O)C(C/C=C\c1ccccc1)C(=O)O. The highest BCUT2D eigenvalue weighted by Crippen LogP contribution is 2.08. The molecule has 4 heteroatoms. The highest BCUT2D eigenvalue weighted by molar-refractivity contribution is 5.93. The van der Waals surface area contributed by atoms with E-state index in [0.29, 0.717) is 0 Å². The van der Waals surface area contributed by atoms with Crippen LogP contribution in [0.15, 0.2) is 36.4 Å². The monoisotopic (exact) mass is 220 g/mol. The Hall–Kier alpha value is -2.10. The predicted octanol–water partition coefficient (Wildman–Crippen LogP) is 1.88. The summed E-state index contributed by atoms with van der Waals surface area (Å²) < 4.78 is 0. The third kappa shape index (κ3) is 3.57. The van der Waals surface area contributed by atoms with Crippen molar-refractivity contribution in [1.82, 2.24) is 0 Å². The van der Waals surface area contributed by atoms with E-state index < -0.39 is 17.9 Å². The van der Waals surface area contributed by atoms with E-state index in [1.807, 2.05) is 30.3 Å². The highest BCUT2D eigenvalue weighted by Gasteiger charge is 2.23. The molecule has 0 atom stereocenters. The van der Waals surface area contributed by atoms with Crippen molar-refractivity contribution in [3.8, 4) is 0 Å². The zero-order valence-corrected chi connectivity index (χ0v) is 8.54. The van der Waals surface area contributed by atoms with Crippen LogP contribution in [0, 0.1) is 5.92 Å². The van der Waals surface area contributed by atoms with Gasteiger partial charge in [-0.1, -0.05) is 42.5 Å². The van der Waals surface area contributed by atoms with Crippen LogP contribution in [0.3, 0.4) is 0 Å². The van der Waals surface area contributed by atoms with Crippen LogP contribution < -0.4 is 0 Å². The predicted molar refractivity (Wildman–Crippen MR) is 58.9 cm³/mol. The minimum Gasteiger partial charge on any atom is -0.481 e. The van der Waals surface area contributed by atoms with Crippen LogP contribution in [0.4, 0.5) is 0 Å². The van der Waals surface area contributed by atoms with Gasteiger partial charge < -0.3 is 10.2 Å². The molecule has 0 heterocycles. The van der Waals surface area contributed by atoms with Crippen LogP contribution in [0.25, 0.3) is 6.08 Å². The van der Waals surface area contributed by atoms with Crippen LogP contribution in [0.2, 0.25) is 0 Å². The molecular weight excluding hydrogens is 208 g/mol. The molecule has 0 aliphatic rings. The van der Waals surface area contributed by atoms with Crippen molar-refractivity contribution in [3.63, 3.8) is 0 Å². The Morgan fingerprint density at radius 2 is 1.69 bits per heavy atom. The Kier molecular flexibility index (Phi) is 4.27. The van der Waals surface area contributed by atoms with Crippen molar-refractivity contribution >= 4 is 18.0 Å². The molecule has 4 nitrogen and oxygen atoms in total. The second-order valence-corrected chi connectivity index (χ2v) is 3.28. The second-order valence-electron chi connectivity index (χ2n) is 3.28. The number of carbonyl (C=O) groups is 2. The van der Waals surface area contributed by atoms with Crippen molar-refractivity contribution < 1.29 is 19.8 Å². The lowest BCUT2D eigenvalue weighted by Gasteiger charge is -2.02. The quantitative estimate of drug-likeness (QED) is 0.743. The van der Waals surface area contributed by atoms with Gasteiger partial charge in [-0.05, 0) is 12.0 Å². The fraction of sp³-hybridized carbons (Fsp3) is 0.167. The summed E-state index contributed by atoms with van der Waals surface area (Å²) in [5.74, 6) is -4.00. The number of rotatable bonds is 5. The topological polar surface area (TPSA) is 74.6 Å². The Bertz CT molecular complexity index is 381. The first-order chi connectivity index (χ1) is 7.61. The molecule has 0 unspecified atom stereocenters. The summed E-state index contributed by atoms with van der Waals surface area (Å²) in [6.45, 7) is 0. The summed E-state index contributed by atoms with van der Waals surface area (Å²) in [5.41, 5.74) is 0.914. The van der Waals surface area contributed by atoms with E-state index in [2.05, 4.69) is 0 Å². The van der Waals surface area contributed by atoms with Gasteiger partial charge >= 0.3 is 11.9 Å². The third-order valence-electron chi connectivity index (χ3n) is 2.08. The first-order valence-corrected chi connectivity index (χ1v) is 4.78. The van der Waals surface area contributed by atoms with Crippen LogP contribution >= 0.6 is 0 Å². The fourth-order valence-corrected chi connectivity index (χ4v) is 1.21. The van der Waals surface area contributed by atoms with E-state index in [1.165, 1.54) is 0 Å². The standard InChI is InChI=1S/C12H12O4/c13-11(14)10(12(15)16)8-4-7-9-5-2-1-3-6-9/h1-7,10H,8H2,(H,13,14)(H,15,16)/b7-4-. The average Bonchev–Trinajstić information content (AvgIpc) is 2.24. The van der Waals surface area contributed by atoms with Gasteiger partial charge in [-0.3, -0.25) is 9.59 Å². The van der Waals surface area contributed by atoms with Crippen LogP contribution in [-0.4, -0.2) is 22.2 Å². The van der Waals surface area contributed by atoms with Crippen molar-refractivity contribution in [3.05, 3.63) is 42.0 Å². The van der Waals surface area contributed by atoms with Crippen molar-refractivity contribution in [2.75, 3.05) is 0 Å². The maximum atomic E-state index is 10.6. The first kappa shape index (κ1) is 12.0. The van der Waals surface area contributed by atoms with E-state index in [0.717, 1.165) is 5.56 Å². The van der Waals surface area contributed by atoms with Crippen LogP contribution in [0.1, 0.15) is 12.0 Å². The smallest absolute Gasteiger partial charge is 0.318 e. The molecule has 0 saturated carbocycles. The Labute approximate surface area is 92.8 Å². The molecule has 0 amide bonds. The first-order valence-electron chi connectivity index (χ1n) is 4.78. The maximum absolute atomic E-state index is 10.6. The van der Waals surface area contributed by atoms with Crippen LogP contribution in [0.5, 0.6) is 0 Å². The lowest BCUT2D eigenvalue weighted by atomic mass is 10.1. The van der Waals surface area contributed by atoms with Crippen LogP contribution in [-0.2, 0) is 9.59 Å². The van der Waals surface area contributed by atoms with Gasteiger partial charge in [0.1, 0.15) is 0 Å². The summed E-state index contributed by atoms with van der Waals surface area (Å²) in [4.78, 5) is 21.1. The van der Waals surface area contributed by atoms with E-state index in [9.17, 15) is 9.59 Å². The van der Waals surface area contributed by atoms with Gasteiger partial charge in [-0.25, -0.2) is 0 Å². The number of aliphatic carboxylic acids is 2. The molecule has 0 aliphatic heterocycles. The molecule has 0 aliphatic carbocycles. The van der Waals surface area contributed by atoms with E-state index in [-0.39, 0.29) is 6.42 Å². The second kappa shape index (κ2) is 5.70. The number of benzene rings is 1. The summed E-state index contributed by atoms with van der Waals surface area (Å²) in [6.07, 6.45) is 3.25. The van der Waals surface area contributed by atoms with Crippen molar-refractivity contribution in [1.29, 1.82) is 0 Å². The molecule has 16 heavy (non-hydrogen) atoms. The molecule has 0 radical (unpaired) electrons. The normalized spacial score (nSPS) is 10.8. The summed E-state index contributed by atoms with van der Waals surface area (Å²) in [7, 11) is 0. The van der Waals surface area contributed by atoms with Gasteiger partial charge in [0.15, 0.2) is 5.92 Å². The van der Waals surface area contributed by atoms with Gasteiger partial charge in [0.05, 0.1) is 0 Å². The summed E-state index contributed by atoms with van der Waals surface area (Å²) >= 11 is 0. The molecule has 1 aromatic rings. The molecule has 0 fully saturated rings. The largest absolute Gasteiger partial charge is 0.481 e.